The smallest absolute Gasteiger partial charge is 0.306 e. The number of rotatable bonds is 6. The first-order chi connectivity index (χ1) is 10.0. The minimum absolute atomic E-state index is 0.211. The maximum atomic E-state index is 11.1. The lowest BCUT2D eigenvalue weighted by Crippen LogP contribution is -2.30. The zero-order valence-corrected chi connectivity index (χ0v) is 12.8. The molecule has 1 fully saturated rings. The molecule has 21 heavy (non-hydrogen) atoms. The molecule has 0 aliphatic heterocycles. The van der Waals surface area contributed by atoms with Crippen LogP contribution < -0.4 is 10.1 Å². The van der Waals surface area contributed by atoms with Gasteiger partial charge in [-0.2, -0.15) is 0 Å². The number of carboxylic acid groups (broad SMARTS) is 1. The first-order valence-electron chi connectivity index (χ1n) is 7.77. The Morgan fingerprint density at radius 1 is 1.43 bits per heavy atom. The van der Waals surface area contributed by atoms with E-state index in [1.165, 1.54) is 0 Å². The Bertz CT molecular complexity index is 473. The predicted octanol–water partition coefficient (Wildman–Crippen LogP) is 3.78. The van der Waals surface area contributed by atoms with Gasteiger partial charge in [0.25, 0.3) is 0 Å². The summed E-state index contributed by atoms with van der Waals surface area (Å²) in [5.41, 5.74) is 1.01. The van der Waals surface area contributed by atoms with Crippen LogP contribution in [0.1, 0.15) is 39.5 Å². The summed E-state index contributed by atoms with van der Waals surface area (Å²) in [7, 11) is 0. The lowest BCUT2D eigenvalue weighted by atomic mass is 9.85. The molecule has 1 aromatic rings. The van der Waals surface area contributed by atoms with Crippen LogP contribution in [0.15, 0.2) is 24.3 Å². The fourth-order valence-electron chi connectivity index (χ4n) is 2.72. The fraction of sp³-hybridized carbons (Fsp3) is 0.588. The van der Waals surface area contributed by atoms with Crippen LogP contribution >= 0.6 is 0 Å². The monoisotopic (exact) mass is 291 g/mol. The van der Waals surface area contributed by atoms with Gasteiger partial charge in [0.05, 0.1) is 12.5 Å². The molecule has 1 aliphatic carbocycles. The Kier molecular flexibility index (Phi) is 5.48. The molecule has 0 aromatic heterocycles. The third-order valence-corrected chi connectivity index (χ3v) is 3.81. The van der Waals surface area contributed by atoms with Crippen LogP contribution in [0.25, 0.3) is 0 Å². The van der Waals surface area contributed by atoms with Crippen molar-refractivity contribution in [2.75, 3.05) is 11.9 Å². The highest BCUT2D eigenvalue weighted by Gasteiger charge is 2.26. The molecule has 2 atom stereocenters. The predicted molar refractivity (Wildman–Crippen MR) is 83.8 cm³/mol. The van der Waals surface area contributed by atoms with Gasteiger partial charge in [-0.05, 0) is 37.3 Å². The normalized spacial score (nSPS) is 22.0. The quantitative estimate of drug-likeness (QED) is 0.837. The molecular weight excluding hydrogens is 266 g/mol. The van der Waals surface area contributed by atoms with Gasteiger partial charge >= 0.3 is 5.97 Å². The van der Waals surface area contributed by atoms with Crippen LogP contribution in [0.3, 0.4) is 0 Å². The molecule has 0 saturated heterocycles. The molecule has 0 amide bonds. The standard InChI is InChI=1S/C17H25NO3/c1-12(2)11-21-16-8-4-7-15(10-16)18-14-6-3-5-13(9-14)17(19)20/h4,7-8,10,12-14,18H,3,5-6,9,11H2,1-2H3,(H,19,20). The van der Waals surface area contributed by atoms with E-state index in [-0.39, 0.29) is 12.0 Å². The van der Waals surface area contributed by atoms with Crippen molar-refractivity contribution < 1.29 is 14.6 Å². The van der Waals surface area contributed by atoms with E-state index in [0.29, 0.717) is 18.9 Å². The zero-order valence-electron chi connectivity index (χ0n) is 12.8. The largest absolute Gasteiger partial charge is 0.493 e. The van der Waals surface area contributed by atoms with Gasteiger partial charge in [-0.3, -0.25) is 4.79 Å². The topological polar surface area (TPSA) is 58.6 Å². The highest BCUT2D eigenvalue weighted by atomic mass is 16.5. The maximum absolute atomic E-state index is 11.1. The Hall–Kier alpha value is -1.71. The number of nitrogens with one attached hydrogen (secondary N) is 1. The number of carboxylic acids is 1. The van der Waals surface area contributed by atoms with E-state index in [4.69, 9.17) is 9.84 Å². The van der Waals surface area contributed by atoms with Gasteiger partial charge in [-0.1, -0.05) is 26.3 Å². The molecule has 1 aliphatic rings. The number of anilines is 1. The van der Waals surface area contributed by atoms with E-state index in [0.717, 1.165) is 30.7 Å². The molecule has 0 radical (unpaired) electrons. The molecule has 2 N–H and O–H groups in total. The van der Waals surface area contributed by atoms with Crippen LogP contribution in [-0.2, 0) is 4.79 Å². The molecule has 0 spiro atoms. The summed E-state index contributed by atoms with van der Waals surface area (Å²) in [4.78, 5) is 11.1. The van der Waals surface area contributed by atoms with E-state index in [1.54, 1.807) is 0 Å². The van der Waals surface area contributed by atoms with Crippen molar-refractivity contribution >= 4 is 11.7 Å². The van der Waals surface area contributed by atoms with E-state index in [2.05, 4.69) is 19.2 Å². The van der Waals surface area contributed by atoms with Gasteiger partial charge in [0, 0.05) is 17.8 Å². The number of carbonyl (C=O) groups is 1. The molecule has 4 nitrogen and oxygen atoms in total. The van der Waals surface area contributed by atoms with Gasteiger partial charge in [0.2, 0.25) is 0 Å². The number of hydrogen-bond donors (Lipinski definition) is 2. The third-order valence-electron chi connectivity index (χ3n) is 3.81. The highest BCUT2D eigenvalue weighted by Crippen LogP contribution is 2.28. The minimum Gasteiger partial charge on any atom is -0.493 e. The molecule has 116 valence electrons. The van der Waals surface area contributed by atoms with Crippen LogP contribution in [0.4, 0.5) is 5.69 Å². The van der Waals surface area contributed by atoms with E-state index < -0.39 is 5.97 Å². The Morgan fingerprint density at radius 3 is 2.95 bits per heavy atom. The van der Waals surface area contributed by atoms with Gasteiger partial charge in [-0.25, -0.2) is 0 Å². The summed E-state index contributed by atoms with van der Waals surface area (Å²) >= 11 is 0. The fourth-order valence-corrected chi connectivity index (χ4v) is 2.72. The third kappa shape index (κ3) is 4.96. The summed E-state index contributed by atoms with van der Waals surface area (Å²) in [5.74, 6) is 0.475. The highest BCUT2D eigenvalue weighted by molar-refractivity contribution is 5.70. The molecule has 0 bridgehead atoms. The first kappa shape index (κ1) is 15.7. The van der Waals surface area contributed by atoms with Gasteiger partial charge < -0.3 is 15.2 Å². The molecule has 1 aromatic carbocycles. The lowest BCUT2D eigenvalue weighted by Gasteiger charge is -2.28. The van der Waals surface area contributed by atoms with Crippen molar-refractivity contribution in [1.29, 1.82) is 0 Å². The zero-order chi connectivity index (χ0) is 15.2. The average Bonchev–Trinajstić information content (AvgIpc) is 2.46. The first-order valence-corrected chi connectivity index (χ1v) is 7.77. The van der Waals surface area contributed by atoms with Gasteiger partial charge in [0.1, 0.15) is 5.75 Å². The second-order valence-corrected chi connectivity index (χ2v) is 6.28. The van der Waals surface area contributed by atoms with Crippen LogP contribution in [0, 0.1) is 11.8 Å². The van der Waals surface area contributed by atoms with Crippen molar-refractivity contribution in [3.8, 4) is 5.75 Å². The number of aliphatic carboxylic acids is 1. The minimum atomic E-state index is -0.671. The Labute approximate surface area is 126 Å². The lowest BCUT2D eigenvalue weighted by molar-refractivity contribution is -0.142. The van der Waals surface area contributed by atoms with Crippen molar-refractivity contribution in [3.63, 3.8) is 0 Å². The number of ether oxygens (including phenoxy) is 1. The van der Waals surface area contributed by atoms with Crippen molar-refractivity contribution in [2.45, 2.75) is 45.6 Å². The number of hydrogen-bond acceptors (Lipinski definition) is 3. The van der Waals surface area contributed by atoms with E-state index in [9.17, 15) is 4.79 Å². The summed E-state index contributed by atoms with van der Waals surface area (Å²) < 4.78 is 5.72. The van der Waals surface area contributed by atoms with Gasteiger partial charge in [0.15, 0.2) is 0 Å². The summed E-state index contributed by atoms with van der Waals surface area (Å²) in [6.45, 7) is 4.94. The van der Waals surface area contributed by atoms with Crippen molar-refractivity contribution in [3.05, 3.63) is 24.3 Å². The summed E-state index contributed by atoms with van der Waals surface area (Å²) in [6, 6.07) is 8.16. The maximum Gasteiger partial charge on any atom is 0.306 e. The van der Waals surface area contributed by atoms with Crippen molar-refractivity contribution in [1.82, 2.24) is 0 Å². The molecule has 2 unspecified atom stereocenters. The second-order valence-electron chi connectivity index (χ2n) is 6.28. The average molecular weight is 291 g/mol. The van der Waals surface area contributed by atoms with Crippen LogP contribution in [0.2, 0.25) is 0 Å². The van der Waals surface area contributed by atoms with Crippen LogP contribution in [0.5, 0.6) is 5.75 Å². The Morgan fingerprint density at radius 2 is 2.24 bits per heavy atom. The molecule has 0 heterocycles. The van der Waals surface area contributed by atoms with Gasteiger partial charge in [-0.15, -0.1) is 0 Å². The van der Waals surface area contributed by atoms with Crippen LogP contribution in [-0.4, -0.2) is 23.7 Å². The Balaban J connectivity index is 1.93. The van der Waals surface area contributed by atoms with Crippen molar-refractivity contribution in [2.24, 2.45) is 11.8 Å². The molecule has 4 heteroatoms. The SMILES string of the molecule is CC(C)COc1cccc(NC2CCCC(C(=O)O)C2)c1. The molecular formula is C17H25NO3. The number of benzene rings is 1. The second kappa shape index (κ2) is 7.34. The van der Waals surface area contributed by atoms with E-state index in [1.807, 2.05) is 24.3 Å². The molecule has 1 saturated carbocycles. The van der Waals surface area contributed by atoms with E-state index >= 15 is 0 Å². The summed E-state index contributed by atoms with van der Waals surface area (Å²) in [6.07, 6.45) is 3.50. The molecule has 2 rings (SSSR count). The summed E-state index contributed by atoms with van der Waals surface area (Å²) in [5, 5.41) is 12.6.